The molecule has 180 valence electrons. The summed E-state index contributed by atoms with van der Waals surface area (Å²) in [6, 6.07) is 0. The molecule has 2 aliphatic heterocycles. The molecular weight excluding hydrogens is 400 g/mol. The van der Waals surface area contributed by atoms with Crippen LogP contribution in [0.25, 0.3) is 0 Å². The van der Waals surface area contributed by atoms with Crippen molar-refractivity contribution in [3.8, 4) is 0 Å². The summed E-state index contributed by atoms with van der Waals surface area (Å²) in [5, 5.41) is 23.8. The van der Waals surface area contributed by atoms with E-state index in [2.05, 4.69) is 0 Å². The van der Waals surface area contributed by atoms with Gasteiger partial charge in [0.2, 0.25) is 0 Å². The van der Waals surface area contributed by atoms with Gasteiger partial charge in [0.05, 0.1) is 0 Å². The van der Waals surface area contributed by atoms with E-state index in [1.54, 1.807) is 0 Å². The largest absolute Gasteiger partial charge is 0.462 e. The quantitative estimate of drug-likeness (QED) is 0.497. The summed E-state index contributed by atoms with van der Waals surface area (Å²) in [5.41, 5.74) is -1.96. The highest BCUT2D eigenvalue weighted by Gasteiger charge is 2.44. The van der Waals surface area contributed by atoms with Gasteiger partial charge >= 0.3 is 11.9 Å². The maximum Gasteiger partial charge on any atom is 0.317 e. The molecule has 0 aromatic carbocycles. The Morgan fingerprint density at radius 2 is 1.03 bits per heavy atom. The predicted octanol–water partition coefficient (Wildman–Crippen LogP) is 4.06. The number of esters is 2. The van der Waals surface area contributed by atoms with E-state index in [0.29, 0.717) is 38.5 Å². The number of rotatable bonds is 4. The minimum absolute atomic E-state index is 0.368. The van der Waals surface area contributed by atoms with Gasteiger partial charge in [-0.2, -0.15) is 10.1 Å². The highest BCUT2D eigenvalue weighted by atomic mass is 16.6. The Morgan fingerprint density at radius 3 is 1.35 bits per heavy atom. The highest BCUT2D eigenvalue weighted by molar-refractivity contribution is 5.91. The lowest BCUT2D eigenvalue weighted by Crippen LogP contribution is -2.52. The molecule has 2 unspecified atom stereocenters. The SMILES string of the molecule is CC1(C)CCC(OC(=O)CC(=O)OC2CCC(C)(C)N(O)C(C)(C)C2)CC(C)(C)N1O. The average molecular weight is 443 g/mol. The lowest BCUT2D eigenvalue weighted by Gasteiger charge is -2.42. The topological polar surface area (TPSA) is 99.5 Å². The fourth-order valence-electron chi connectivity index (χ4n) is 5.14. The van der Waals surface area contributed by atoms with E-state index >= 15 is 0 Å². The van der Waals surface area contributed by atoms with E-state index in [-0.39, 0.29) is 12.2 Å². The summed E-state index contributed by atoms with van der Waals surface area (Å²) in [6.45, 7) is 15.5. The second-order valence-corrected chi connectivity index (χ2v) is 11.8. The molecule has 0 aromatic rings. The van der Waals surface area contributed by atoms with Crippen molar-refractivity contribution in [2.75, 3.05) is 0 Å². The lowest BCUT2D eigenvalue weighted by molar-refractivity contribution is -0.223. The number of carbonyl (C=O) groups excluding carboxylic acids is 2. The second kappa shape index (κ2) is 8.96. The third kappa shape index (κ3) is 6.40. The Morgan fingerprint density at radius 1 is 0.710 bits per heavy atom. The van der Waals surface area contributed by atoms with E-state index in [4.69, 9.17) is 9.47 Å². The van der Waals surface area contributed by atoms with E-state index in [1.165, 1.54) is 10.1 Å². The van der Waals surface area contributed by atoms with Crippen LogP contribution in [0.3, 0.4) is 0 Å². The van der Waals surface area contributed by atoms with Crippen molar-refractivity contribution in [3.63, 3.8) is 0 Å². The van der Waals surface area contributed by atoms with Crippen LogP contribution in [0.1, 0.15) is 100 Å². The zero-order chi connectivity index (χ0) is 23.8. The number of nitrogens with zero attached hydrogens (tertiary/aromatic N) is 2. The van der Waals surface area contributed by atoms with Gasteiger partial charge in [0, 0.05) is 35.0 Å². The first-order chi connectivity index (χ1) is 14.0. The summed E-state index contributed by atoms with van der Waals surface area (Å²) in [7, 11) is 0. The van der Waals surface area contributed by atoms with Gasteiger partial charge in [0.15, 0.2) is 0 Å². The molecule has 2 rings (SSSR count). The molecule has 0 amide bonds. The molecule has 8 nitrogen and oxygen atoms in total. The summed E-state index contributed by atoms with van der Waals surface area (Å²) >= 11 is 0. The van der Waals surface area contributed by atoms with E-state index in [0.717, 1.165) is 0 Å². The molecule has 0 aliphatic carbocycles. The summed E-state index contributed by atoms with van der Waals surface area (Å²) < 4.78 is 11.2. The summed E-state index contributed by atoms with van der Waals surface area (Å²) in [5.74, 6) is -1.21. The molecule has 2 aliphatic rings. The third-order valence-electron chi connectivity index (χ3n) is 6.79. The van der Waals surface area contributed by atoms with Crippen LogP contribution in [0, 0.1) is 0 Å². The van der Waals surface area contributed by atoms with Crippen molar-refractivity contribution in [3.05, 3.63) is 0 Å². The van der Waals surface area contributed by atoms with Crippen LogP contribution >= 0.6 is 0 Å². The van der Waals surface area contributed by atoms with Gasteiger partial charge in [0.1, 0.15) is 18.6 Å². The number of hydrogen-bond donors (Lipinski definition) is 2. The second-order valence-electron chi connectivity index (χ2n) is 11.8. The fraction of sp³-hybridized carbons (Fsp3) is 0.913. The highest BCUT2D eigenvalue weighted by Crippen LogP contribution is 2.37. The molecule has 2 fully saturated rings. The normalized spacial score (nSPS) is 30.6. The molecule has 0 spiro atoms. The zero-order valence-corrected chi connectivity index (χ0v) is 20.5. The van der Waals surface area contributed by atoms with Crippen LogP contribution in [0.2, 0.25) is 0 Å². The molecular formula is C23H42N2O6. The van der Waals surface area contributed by atoms with Gasteiger partial charge in [-0.15, -0.1) is 0 Å². The Kier molecular flexibility index (Phi) is 7.53. The Bertz CT molecular complexity index is 617. The van der Waals surface area contributed by atoms with Crippen molar-refractivity contribution in [2.24, 2.45) is 0 Å². The van der Waals surface area contributed by atoms with Crippen molar-refractivity contribution in [2.45, 2.75) is 135 Å². The Labute approximate surface area is 186 Å². The minimum atomic E-state index is -0.605. The number of carbonyl (C=O) groups is 2. The van der Waals surface area contributed by atoms with Crippen molar-refractivity contribution >= 4 is 11.9 Å². The van der Waals surface area contributed by atoms with Crippen LogP contribution in [0.4, 0.5) is 0 Å². The van der Waals surface area contributed by atoms with Crippen molar-refractivity contribution in [1.82, 2.24) is 10.1 Å². The molecule has 31 heavy (non-hydrogen) atoms. The molecule has 0 radical (unpaired) electrons. The van der Waals surface area contributed by atoms with Gasteiger partial charge in [-0.3, -0.25) is 9.59 Å². The number of ether oxygens (including phenoxy) is 2. The minimum Gasteiger partial charge on any atom is -0.462 e. The molecule has 0 bridgehead atoms. The van der Waals surface area contributed by atoms with E-state index < -0.39 is 40.5 Å². The summed E-state index contributed by atoms with van der Waals surface area (Å²) in [4.78, 5) is 24.9. The van der Waals surface area contributed by atoms with Gasteiger partial charge in [0.25, 0.3) is 0 Å². The first-order valence-electron chi connectivity index (χ1n) is 11.3. The van der Waals surface area contributed by atoms with Crippen LogP contribution in [0.15, 0.2) is 0 Å². The van der Waals surface area contributed by atoms with Gasteiger partial charge in [-0.25, -0.2) is 0 Å². The molecule has 2 heterocycles. The molecule has 0 aromatic heterocycles. The van der Waals surface area contributed by atoms with Crippen LogP contribution in [-0.4, -0.2) is 66.8 Å². The van der Waals surface area contributed by atoms with Crippen molar-refractivity contribution < 1.29 is 29.5 Å². The Hall–Kier alpha value is -1.22. The number of hydroxylamine groups is 4. The monoisotopic (exact) mass is 442 g/mol. The van der Waals surface area contributed by atoms with Crippen molar-refractivity contribution in [1.29, 1.82) is 0 Å². The smallest absolute Gasteiger partial charge is 0.317 e. The zero-order valence-electron chi connectivity index (χ0n) is 20.5. The van der Waals surface area contributed by atoms with Gasteiger partial charge < -0.3 is 19.9 Å². The number of hydrogen-bond acceptors (Lipinski definition) is 8. The van der Waals surface area contributed by atoms with E-state index in [9.17, 15) is 20.0 Å². The predicted molar refractivity (Wildman–Crippen MR) is 116 cm³/mol. The van der Waals surface area contributed by atoms with Crippen LogP contribution < -0.4 is 0 Å². The molecule has 2 atom stereocenters. The average Bonchev–Trinajstić information content (AvgIpc) is 2.73. The summed E-state index contributed by atoms with van der Waals surface area (Å²) in [6.07, 6.45) is 2.35. The first-order valence-corrected chi connectivity index (χ1v) is 11.3. The molecule has 2 N–H and O–H groups in total. The molecule has 2 saturated heterocycles. The maximum absolute atomic E-state index is 12.4. The van der Waals surface area contributed by atoms with Gasteiger partial charge in [-0.1, -0.05) is 0 Å². The first kappa shape index (κ1) is 26.0. The van der Waals surface area contributed by atoms with Crippen LogP contribution in [0.5, 0.6) is 0 Å². The molecule has 8 heteroatoms. The molecule has 0 saturated carbocycles. The lowest BCUT2D eigenvalue weighted by atomic mass is 9.95. The maximum atomic E-state index is 12.4. The Balaban J connectivity index is 1.92. The fourth-order valence-corrected chi connectivity index (χ4v) is 5.14. The standard InChI is InChI=1S/C23H42N2O6/c1-20(2)11-9-16(14-22(5,6)24(20)28)30-18(26)13-19(27)31-17-10-12-21(3,4)25(29)23(7,8)15-17/h16-17,28-29H,9-15H2,1-8H3. The third-order valence-corrected chi connectivity index (χ3v) is 6.79. The van der Waals surface area contributed by atoms with E-state index in [1.807, 2.05) is 55.4 Å². The van der Waals surface area contributed by atoms with Crippen LogP contribution in [-0.2, 0) is 19.1 Å². The van der Waals surface area contributed by atoms with Gasteiger partial charge in [-0.05, 0) is 81.1 Å².